The molecule has 1 N–H and O–H groups in total. The minimum Gasteiger partial charge on any atom is -0.376 e. The maximum absolute atomic E-state index is 12.9. The summed E-state index contributed by atoms with van der Waals surface area (Å²) in [5, 5.41) is 7.14. The van der Waals surface area contributed by atoms with Gasteiger partial charge in [-0.25, -0.2) is 4.79 Å². The molecule has 3 aromatic rings. The second-order valence-corrected chi connectivity index (χ2v) is 8.19. The fourth-order valence-corrected chi connectivity index (χ4v) is 3.85. The van der Waals surface area contributed by atoms with Crippen molar-refractivity contribution in [2.24, 2.45) is 0 Å². The van der Waals surface area contributed by atoms with Gasteiger partial charge in [-0.2, -0.15) is 4.98 Å². The Hall–Kier alpha value is -3.19. The number of carbonyl (C=O) groups is 1. The van der Waals surface area contributed by atoms with Gasteiger partial charge in [0.2, 0.25) is 5.89 Å². The Balaban J connectivity index is 1.29. The number of ether oxygens (including phenoxy) is 1. The second kappa shape index (κ2) is 10.9. The molecule has 0 radical (unpaired) electrons. The molecular formula is C25H30N4O3. The molecule has 168 valence electrons. The minimum atomic E-state index is -0.187. The van der Waals surface area contributed by atoms with Crippen LogP contribution in [0.2, 0.25) is 0 Å². The summed E-state index contributed by atoms with van der Waals surface area (Å²) in [5.74, 6) is 1.12. The lowest BCUT2D eigenvalue weighted by atomic mass is 10.0. The normalized spacial score (nSPS) is 16.2. The first-order valence-electron chi connectivity index (χ1n) is 11.2. The van der Waals surface area contributed by atoms with E-state index < -0.39 is 0 Å². The summed E-state index contributed by atoms with van der Waals surface area (Å²) >= 11 is 0. The number of nitrogens with zero attached hydrogens (tertiary/aromatic N) is 3. The number of nitrogens with one attached hydrogen (secondary N) is 1. The molecule has 1 fully saturated rings. The molecule has 0 bridgehead atoms. The highest BCUT2D eigenvalue weighted by molar-refractivity contribution is 5.74. The standard InChI is InChI=1S/C25H30N4O3/c1-19-10-12-20(13-11-19)17-26-25(30)29-15-6-5-9-22(29)24-27-23(28-32-24)14-16-31-18-21-7-3-2-4-8-21/h2-4,7-8,10-13,22H,5-6,9,14-18H2,1H3,(H,26,30). The fraction of sp³-hybridized carbons (Fsp3) is 0.400. The van der Waals surface area contributed by atoms with Crippen LogP contribution in [0.15, 0.2) is 59.1 Å². The van der Waals surface area contributed by atoms with E-state index in [9.17, 15) is 4.79 Å². The van der Waals surface area contributed by atoms with Crippen molar-refractivity contribution in [1.29, 1.82) is 0 Å². The SMILES string of the molecule is Cc1ccc(CNC(=O)N2CCCCC2c2nc(CCOCc3ccccc3)no2)cc1. The molecule has 0 spiro atoms. The summed E-state index contributed by atoms with van der Waals surface area (Å²) in [6.45, 7) is 4.30. The lowest BCUT2D eigenvalue weighted by Gasteiger charge is -2.33. The zero-order valence-corrected chi connectivity index (χ0v) is 18.5. The predicted octanol–water partition coefficient (Wildman–Crippen LogP) is 4.57. The van der Waals surface area contributed by atoms with Gasteiger partial charge >= 0.3 is 6.03 Å². The van der Waals surface area contributed by atoms with Gasteiger partial charge in [-0.3, -0.25) is 0 Å². The smallest absolute Gasteiger partial charge is 0.318 e. The summed E-state index contributed by atoms with van der Waals surface area (Å²) in [6.07, 6.45) is 3.40. The van der Waals surface area contributed by atoms with Gasteiger partial charge in [-0.1, -0.05) is 65.3 Å². The number of rotatable bonds is 8. The molecule has 32 heavy (non-hydrogen) atoms. The zero-order valence-electron chi connectivity index (χ0n) is 18.5. The summed E-state index contributed by atoms with van der Waals surface area (Å²) < 4.78 is 11.3. The van der Waals surface area contributed by atoms with Gasteiger partial charge in [-0.05, 0) is 37.3 Å². The van der Waals surface area contributed by atoms with E-state index in [-0.39, 0.29) is 12.1 Å². The molecule has 1 aliphatic rings. The second-order valence-electron chi connectivity index (χ2n) is 8.19. The number of carbonyl (C=O) groups excluding carboxylic acids is 1. The van der Waals surface area contributed by atoms with E-state index >= 15 is 0 Å². The number of likely N-dealkylation sites (tertiary alicyclic amines) is 1. The summed E-state index contributed by atoms with van der Waals surface area (Å²) in [5.41, 5.74) is 3.41. The van der Waals surface area contributed by atoms with Gasteiger partial charge in [-0.15, -0.1) is 0 Å². The Morgan fingerprint density at radius 2 is 1.94 bits per heavy atom. The van der Waals surface area contributed by atoms with E-state index in [1.54, 1.807) is 0 Å². The maximum Gasteiger partial charge on any atom is 0.318 e. The number of hydrogen-bond donors (Lipinski definition) is 1. The first-order chi connectivity index (χ1) is 15.7. The summed E-state index contributed by atoms with van der Waals surface area (Å²) in [7, 11) is 0. The first kappa shape index (κ1) is 22.0. The molecule has 7 heteroatoms. The fourth-order valence-electron chi connectivity index (χ4n) is 3.85. The highest BCUT2D eigenvalue weighted by Crippen LogP contribution is 2.30. The molecule has 1 atom stereocenters. The van der Waals surface area contributed by atoms with E-state index in [1.807, 2.05) is 47.4 Å². The number of aryl methyl sites for hydroxylation is 1. The third-order valence-corrected chi connectivity index (χ3v) is 5.68. The third-order valence-electron chi connectivity index (χ3n) is 5.68. The number of amides is 2. The molecule has 1 aliphatic heterocycles. The zero-order chi connectivity index (χ0) is 22.2. The topological polar surface area (TPSA) is 80.5 Å². The van der Waals surface area contributed by atoms with Crippen molar-refractivity contribution in [1.82, 2.24) is 20.4 Å². The summed E-state index contributed by atoms with van der Waals surface area (Å²) in [6, 6.07) is 17.9. The number of piperidine rings is 1. The van der Waals surface area contributed by atoms with Gasteiger partial charge < -0.3 is 19.5 Å². The van der Waals surface area contributed by atoms with Crippen LogP contribution in [0.5, 0.6) is 0 Å². The van der Waals surface area contributed by atoms with Gasteiger partial charge in [0.15, 0.2) is 5.82 Å². The van der Waals surface area contributed by atoms with Crippen LogP contribution in [-0.2, 0) is 24.3 Å². The molecule has 1 unspecified atom stereocenters. The summed E-state index contributed by atoms with van der Waals surface area (Å²) in [4.78, 5) is 19.3. The van der Waals surface area contributed by atoms with Crippen molar-refractivity contribution < 1.29 is 14.1 Å². The molecular weight excluding hydrogens is 404 g/mol. The lowest BCUT2D eigenvalue weighted by molar-refractivity contribution is 0.122. The average molecular weight is 435 g/mol. The van der Waals surface area contributed by atoms with Crippen LogP contribution in [0.25, 0.3) is 0 Å². The van der Waals surface area contributed by atoms with Crippen molar-refractivity contribution in [3.63, 3.8) is 0 Å². The van der Waals surface area contributed by atoms with Crippen LogP contribution in [0, 0.1) is 6.92 Å². The van der Waals surface area contributed by atoms with Crippen LogP contribution in [-0.4, -0.2) is 34.2 Å². The van der Waals surface area contributed by atoms with Crippen LogP contribution < -0.4 is 5.32 Å². The van der Waals surface area contributed by atoms with Crippen molar-refractivity contribution in [3.8, 4) is 0 Å². The van der Waals surface area contributed by atoms with Crippen LogP contribution in [0.1, 0.15) is 53.7 Å². The van der Waals surface area contributed by atoms with Crippen molar-refractivity contribution in [2.75, 3.05) is 13.2 Å². The molecule has 4 rings (SSSR count). The van der Waals surface area contributed by atoms with Gasteiger partial charge in [0.05, 0.1) is 13.2 Å². The molecule has 2 aromatic carbocycles. The van der Waals surface area contributed by atoms with Gasteiger partial charge in [0.25, 0.3) is 0 Å². The number of hydrogen-bond acceptors (Lipinski definition) is 5. The van der Waals surface area contributed by atoms with Crippen LogP contribution in [0.3, 0.4) is 0 Å². The Morgan fingerprint density at radius 1 is 1.12 bits per heavy atom. The Kier molecular flexibility index (Phi) is 7.51. The monoisotopic (exact) mass is 434 g/mol. The molecule has 7 nitrogen and oxygen atoms in total. The quantitative estimate of drug-likeness (QED) is 0.525. The van der Waals surface area contributed by atoms with E-state index in [4.69, 9.17) is 9.26 Å². The van der Waals surface area contributed by atoms with Crippen molar-refractivity contribution >= 4 is 6.03 Å². The Labute approximate surface area is 188 Å². The molecule has 0 saturated carbocycles. The number of benzene rings is 2. The van der Waals surface area contributed by atoms with Gasteiger partial charge in [0, 0.05) is 19.5 Å². The highest BCUT2D eigenvalue weighted by atomic mass is 16.5. The van der Waals surface area contributed by atoms with E-state index in [1.165, 1.54) is 5.56 Å². The lowest BCUT2D eigenvalue weighted by Crippen LogP contribution is -2.44. The molecule has 0 aliphatic carbocycles. The van der Waals surface area contributed by atoms with Crippen LogP contribution >= 0.6 is 0 Å². The van der Waals surface area contributed by atoms with E-state index in [2.05, 4.69) is 34.5 Å². The van der Waals surface area contributed by atoms with Crippen molar-refractivity contribution in [3.05, 3.63) is 83.0 Å². The maximum atomic E-state index is 12.9. The van der Waals surface area contributed by atoms with E-state index in [0.717, 1.165) is 30.4 Å². The first-order valence-corrected chi connectivity index (χ1v) is 11.2. The number of aromatic nitrogens is 2. The van der Waals surface area contributed by atoms with Crippen LogP contribution in [0.4, 0.5) is 4.79 Å². The highest BCUT2D eigenvalue weighted by Gasteiger charge is 2.32. The predicted molar refractivity (Wildman–Crippen MR) is 121 cm³/mol. The third kappa shape index (κ3) is 5.95. The molecule has 1 saturated heterocycles. The van der Waals surface area contributed by atoms with Crippen molar-refractivity contribution in [2.45, 2.75) is 51.8 Å². The number of urea groups is 1. The minimum absolute atomic E-state index is 0.0961. The Bertz CT molecular complexity index is 988. The average Bonchev–Trinajstić information content (AvgIpc) is 3.31. The Morgan fingerprint density at radius 3 is 2.75 bits per heavy atom. The van der Waals surface area contributed by atoms with E-state index in [0.29, 0.717) is 44.4 Å². The largest absolute Gasteiger partial charge is 0.376 e. The molecule has 1 aromatic heterocycles. The molecule has 2 heterocycles. The van der Waals surface area contributed by atoms with Gasteiger partial charge in [0.1, 0.15) is 6.04 Å². The molecule has 2 amide bonds.